The van der Waals surface area contributed by atoms with Crippen molar-refractivity contribution in [2.24, 2.45) is 10.9 Å². The van der Waals surface area contributed by atoms with Gasteiger partial charge in [-0.25, -0.2) is 0 Å². The van der Waals surface area contributed by atoms with E-state index < -0.39 is 0 Å². The fraction of sp³-hybridized carbons (Fsp3) is 0.0317. The zero-order valence-corrected chi connectivity index (χ0v) is 38.0. The summed E-state index contributed by atoms with van der Waals surface area (Å²) < 4.78 is 17.9. The quantitative estimate of drug-likeness (QED) is 0.106. The summed E-state index contributed by atoms with van der Waals surface area (Å²) in [5, 5.41) is 12.1. The summed E-state index contributed by atoms with van der Waals surface area (Å²) in [6.45, 7) is 4.97. The minimum atomic E-state index is 0.870. The molecule has 330 valence electrons. The van der Waals surface area contributed by atoms with Crippen LogP contribution in [0.25, 0.3) is 110 Å². The average Bonchev–Trinajstić information content (AvgIpc) is 4.13. The molecule has 0 spiro atoms. The first kappa shape index (κ1) is 41.3. The van der Waals surface area contributed by atoms with Crippen molar-refractivity contribution in [3.05, 3.63) is 241 Å². The van der Waals surface area contributed by atoms with Crippen LogP contribution < -0.4 is 5.84 Å². The Morgan fingerprint density at radius 1 is 0.377 bits per heavy atom. The van der Waals surface area contributed by atoms with Crippen molar-refractivity contribution in [3.8, 4) is 22.5 Å². The number of hydrogen-bond donors (Lipinski definition) is 1. The molecule has 4 heterocycles. The lowest BCUT2D eigenvalue weighted by Crippen LogP contribution is -1.96. The van der Waals surface area contributed by atoms with Gasteiger partial charge in [-0.3, -0.25) is 0 Å². The maximum absolute atomic E-state index is 6.74. The second-order valence-electron chi connectivity index (χ2n) is 17.6. The first-order valence-corrected chi connectivity index (χ1v) is 23.2. The van der Waals surface area contributed by atoms with Crippen LogP contribution in [0.2, 0.25) is 0 Å². The minimum absolute atomic E-state index is 0.870. The molecule has 0 bridgehead atoms. The van der Waals surface area contributed by atoms with E-state index >= 15 is 0 Å². The van der Waals surface area contributed by atoms with Crippen molar-refractivity contribution < 1.29 is 8.83 Å². The van der Waals surface area contributed by atoms with E-state index in [4.69, 9.17) is 8.83 Å². The molecule has 0 aliphatic heterocycles. The SMILES string of the molecule is C=NN.Cc1ccccc1.c1ccc(Cc2cccc(-n3c4ccc(-c5ccc6c(c5)oc5cc7c(cc56)c5ccccc5n7-c5ccccc5)cc4c4cc5c(cc43)oc3ccccc35)c2)cc1. The highest BCUT2D eigenvalue weighted by Crippen LogP contribution is 2.42. The lowest BCUT2D eigenvalue weighted by atomic mass is 10.0. The molecule has 0 radical (unpaired) electrons. The van der Waals surface area contributed by atoms with Crippen LogP contribution in [0.4, 0.5) is 0 Å². The summed E-state index contributed by atoms with van der Waals surface area (Å²) in [4.78, 5) is 0. The largest absolute Gasteiger partial charge is 0.456 e. The van der Waals surface area contributed by atoms with E-state index in [1.807, 2.05) is 24.3 Å². The van der Waals surface area contributed by atoms with E-state index in [9.17, 15) is 0 Å². The summed E-state index contributed by atoms with van der Waals surface area (Å²) in [5.41, 5.74) is 16.6. The highest BCUT2D eigenvalue weighted by atomic mass is 16.3. The molecule has 2 N–H and O–H groups in total. The van der Waals surface area contributed by atoms with Crippen LogP contribution in [0, 0.1) is 6.92 Å². The van der Waals surface area contributed by atoms with Crippen molar-refractivity contribution in [3.63, 3.8) is 0 Å². The number of aromatic nitrogens is 2. The number of hydrogen-bond acceptors (Lipinski definition) is 4. The third-order valence-corrected chi connectivity index (χ3v) is 13.2. The number of hydrazone groups is 1. The first-order valence-electron chi connectivity index (χ1n) is 23.2. The zero-order valence-electron chi connectivity index (χ0n) is 38.0. The molecule has 69 heavy (non-hydrogen) atoms. The number of furan rings is 2. The normalized spacial score (nSPS) is 11.4. The molecule has 0 fully saturated rings. The van der Waals surface area contributed by atoms with Gasteiger partial charge in [-0.15, -0.1) is 0 Å². The molecular formula is C63H46N4O2. The lowest BCUT2D eigenvalue weighted by Gasteiger charge is -2.11. The van der Waals surface area contributed by atoms with Crippen molar-refractivity contribution >= 4 is 94.2 Å². The van der Waals surface area contributed by atoms with Crippen LogP contribution in [0.15, 0.2) is 238 Å². The number of aryl methyl sites for hydroxylation is 1. The predicted molar refractivity (Wildman–Crippen MR) is 289 cm³/mol. The number of nitrogens with two attached hydrogens (primary N) is 1. The molecule has 10 aromatic carbocycles. The van der Waals surface area contributed by atoms with Gasteiger partial charge in [-0.1, -0.05) is 145 Å². The van der Waals surface area contributed by atoms with Crippen LogP contribution in [-0.4, -0.2) is 15.9 Å². The topological polar surface area (TPSA) is 74.5 Å². The van der Waals surface area contributed by atoms with E-state index in [1.165, 1.54) is 43.8 Å². The fourth-order valence-electron chi connectivity index (χ4n) is 10.1. The zero-order chi connectivity index (χ0) is 46.4. The molecule has 0 aliphatic rings. The van der Waals surface area contributed by atoms with Crippen LogP contribution in [0.1, 0.15) is 16.7 Å². The molecule has 6 nitrogen and oxygen atoms in total. The van der Waals surface area contributed by atoms with Crippen LogP contribution in [-0.2, 0) is 6.42 Å². The highest BCUT2D eigenvalue weighted by Gasteiger charge is 2.20. The third kappa shape index (κ3) is 7.36. The first-order chi connectivity index (χ1) is 34.0. The van der Waals surface area contributed by atoms with Gasteiger partial charge in [0.15, 0.2) is 0 Å². The molecule has 0 amide bonds. The standard InChI is InChI=1S/C55H34N2O2.C7H8.CH4N2/c1-3-12-34(13-4-1)26-35-14-11-17-39(27-35)57-49-25-23-36(28-43(49)45-31-46-41-19-8-10-21-52(41)58-54(46)33-51(45)57)37-22-24-42-47-30-44-40-18-7-9-20-48(40)56(38-15-5-2-6-16-38)50(44)32-55(47)59-53(42)29-37;1-7-5-3-2-4-6-7;1-3-2/h1-25,27-33H,26H2;2-6H,1H3;1-2H2. The van der Waals surface area contributed by atoms with Crippen molar-refractivity contribution in [1.29, 1.82) is 0 Å². The van der Waals surface area contributed by atoms with Gasteiger partial charge in [0.2, 0.25) is 0 Å². The number of fused-ring (bicyclic) bond motifs is 12. The monoisotopic (exact) mass is 890 g/mol. The van der Waals surface area contributed by atoms with E-state index in [-0.39, 0.29) is 0 Å². The van der Waals surface area contributed by atoms with Crippen LogP contribution in [0.5, 0.6) is 0 Å². The number of para-hydroxylation sites is 3. The molecule has 14 aromatic rings. The predicted octanol–water partition coefficient (Wildman–Crippen LogP) is 16.5. The number of nitrogens with zero attached hydrogens (tertiary/aromatic N) is 3. The third-order valence-electron chi connectivity index (χ3n) is 13.2. The number of rotatable bonds is 5. The maximum atomic E-state index is 6.74. The van der Waals surface area contributed by atoms with Crippen molar-refractivity contribution in [2.45, 2.75) is 13.3 Å². The number of benzene rings is 10. The Morgan fingerprint density at radius 2 is 0.870 bits per heavy atom. The maximum Gasteiger partial charge on any atom is 0.137 e. The van der Waals surface area contributed by atoms with Gasteiger partial charge in [0.1, 0.15) is 22.3 Å². The van der Waals surface area contributed by atoms with E-state index in [0.717, 1.165) is 89.3 Å². The molecule has 14 rings (SSSR count). The van der Waals surface area contributed by atoms with Gasteiger partial charge in [0.25, 0.3) is 0 Å². The van der Waals surface area contributed by atoms with E-state index in [1.54, 1.807) is 0 Å². The molecule has 0 atom stereocenters. The Morgan fingerprint density at radius 3 is 1.58 bits per heavy atom. The smallest absolute Gasteiger partial charge is 0.137 e. The van der Waals surface area contributed by atoms with Gasteiger partial charge in [-0.2, -0.15) is 5.10 Å². The lowest BCUT2D eigenvalue weighted by molar-refractivity contribution is 0.669. The molecular weight excluding hydrogens is 845 g/mol. The Hall–Kier alpha value is -9.13. The van der Waals surface area contributed by atoms with Crippen molar-refractivity contribution in [2.75, 3.05) is 0 Å². The molecule has 6 heteroatoms. The Balaban J connectivity index is 0.000000446. The molecule has 4 aromatic heterocycles. The molecule has 0 aliphatic carbocycles. The molecule has 0 saturated carbocycles. The fourth-order valence-corrected chi connectivity index (χ4v) is 10.1. The van der Waals surface area contributed by atoms with Gasteiger partial charge >= 0.3 is 0 Å². The van der Waals surface area contributed by atoms with Crippen molar-refractivity contribution in [1.82, 2.24) is 9.13 Å². The van der Waals surface area contributed by atoms with Crippen LogP contribution >= 0.6 is 0 Å². The van der Waals surface area contributed by atoms with Crippen LogP contribution in [0.3, 0.4) is 0 Å². The summed E-state index contributed by atoms with van der Waals surface area (Å²) in [6.07, 6.45) is 0.870. The second-order valence-corrected chi connectivity index (χ2v) is 17.6. The average molecular weight is 891 g/mol. The van der Waals surface area contributed by atoms with Gasteiger partial charge in [0, 0.05) is 73.3 Å². The summed E-state index contributed by atoms with van der Waals surface area (Å²) >= 11 is 0. The van der Waals surface area contributed by atoms with E-state index in [2.05, 4.69) is 234 Å². The highest BCUT2D eigenvalue weighted by molar-refractivity contribution is 6.19. The summed E-state index contributed by atoms with van der Waals surface area (Å²) in [5.74, 6) is 4.36. The van der Waals surface area contributed by atoms with Gasteiger partial charge in [-0.05, 0) is 108 Å². The second kappa shape index (κ2) is 17.3. The minimum Gasteiger partial charge on any atom is -0.456 e. The summed E-state index contributed by atoms with van der Waals surface area (Å²) in [7, 11) is 0. The Bertz CT molecular complexity index is 4200. The summed E-state index contributed by atoms with van der Waals surface area (Å²) in [6, 6.07) is 80.1. The van der Waals surface area contributed by atoms with E-state index in [0.29, 0.717) is 0 Å². The Kier molecular flexibility index (Phi) is 10.3. The molecule has 0 saturated heterocycles. The Labute approximate surface area is 398 Å². The van der Waals surface area contributed by atoms with Gasteiger partial charge < -0.3 is 23.8 Å². The molecule has 0 unspecified atom stereocenters. The van der Waals surface area contributed by atoms with Gasteiger partial charge in [0.05, 0.1) is 22.1 Å².